The topological polar surface area (TPSA) is 43.4 Å². The molecule has 0 fully saturated rings. The van der Waals surface area contributed by atoms with Gasteiger partial charge in [0.1, 0.15) is 5.75 Å². The summed E-state index contributed by atoms with van der Waals surface area (Å²) in [6.45, 7) is 0. The predicted octanol–water partition coefficient (Wildman–Crippen LogP) is 4.03. The summed E-state index contributed by atoms with van der Waals surface area (Å²) in [5.41, 5.74) is 0. The summed E-state index contributed by atoms with van der Waals surface area (Å²) in [5.74, 6) is -0.777. The van der Waals surface area contributed by atoms with Crippen LogP contribution in [0.4, 0.5) is 0 Å². The number of methoxy groups -OCH3 is 1. The van der Waals surface area contributed by atoms with Gasteiger partial charge in [-0.1, -0.05) is 23.2 Å². The highest BCUT2D eigenvalue weighted by atomic mass is 35.5. The molecule has 2 rings (SSSR count). The molecule has 0 radical (unpaired) electrons. The van der Waals surface area contributed by atoms with E-state index in [0.29, 0.717) is 19.8 Å². The summed E-state index contributed by atoms with van der Waals surface area (Å²) in [6, 6.07) is 13.3. The summed E-state index contributed by atoms with van der Waals surface area (Å²) < 4.78 is 18.7. The van der Waals surface area contributed by atoms with E-state index in [9.17, 15) is 9.00 Å². The summed E-state index contributed by atoms with van der Waals surface area (Å²) in [7, 11) is -2.39. The van der Waals surface area contributed by atoms with Crippen LogP contribution in [-0.4, -0.2) is 29.3 Å². The predicted molar refractivity (Wildman–Crippen MR) is 90.4 cm³/mol. The lowest BCUT2D eigenvalue weighted by Gasteiger charge is -2.38. The second-order valence-corrected chi connectivity index (χ2v) is 10.3. The van der Waals surface area contributed by atoms with Gasteiger partial charge in [-0.3, -0.25) is 9.00 Å². The highest BCUT2D eigenvalue weighted by molar-refractivity contribution is 8.20. The minimum atomic E-state index is -3.67. The monoisotopic (exact) mass is 358 g/mol. The van der Waals surface area contributed by atoms with Gasteiger partial charge < -0.3 is 4.74 Å². The second kappa shape index (κ2) is 6.03. The van der Waals surface area contributed by atoms with Gasteiger partial charge in [0.15, 0.2) is 0 Å². The molecular weight excluding hydrogens is 343 g/mol. The number of hydrogen-bond acceptors (Lipinski definition) is 3. The lowest BCUT2D eigenvalue weighted by atomic mass is 10.4. The van der Waals surface area contributed by atoms with Crippen molar-refractivity contribution in [1.82, 2.24) is 0 Å². The molecule has 0 atom stereocenters. The summed E-state index contributed by atoms with van der Waals surface area (Å²) >= 11 is 11.8. The zero-order valence-corrected chi connectivity index (χ0v) is 14.5. The van der Waals surface area contributed by atoms with Crippen molar-refractivity contribution in [3.63, 3.8) is 0 Å². The lowest BCUT2D eigenvalue weighted by molar-refractivity contribution is -0.137. The van der Waals surface area contributed by atoms with Crippen LogP contribution < -0.4 is 0 Å². The molecule has 0 amide bonds. The largest absolute Gasteiger partial charge is 0.468 e. The molecule has 3 nitrogen and oxygen atoms in total. The van der Waals surface area contributed by atoms with E-state index in [4.69, 9.17) is 27.9 Å². The van der Waals surface area contributed by atoms with Crippen LogP contribution >= 0.6 is 23.2 Å². The molecular formula is C16H16Cl2O3S. The van der Waals surface area contributed by atoms with Gasteiger partial charge in [-0.15, -0.1) is 0 Å². The van der Waals surface area contributed by atoms with Crippen LogP contribution in [0.5, 0.6) is 0 Å². The molecule has 0 aliphatic rings. The molecule has 0 bridgehead atoms. The molecule has 0 unspecified atom stereocenters. The Kier molecular flexibility index (Phi) is 4.66. The van der Waals surface area contributed by atoms with Crippen LogP contribution in [0.15, 0.2) is 58.3 Å². The number of carbonyl (C=O) groups is 1. The van der Waals surface area contributed by atoms with Gasteiger partial charge in [0, 0.05) is 26.1 Å². The summed E-state index contributed by atoms with van der Waals surface area (Å²) in [6.07, 6.45) is 1.58. The Balaban J connectivity index is 2.68. The van der Waals surface area contributed by atoms with Crippen LogP contribution in [0.3, 0.4) is 0 Å². The molecule has 2 aromatic carbocycles. The third kappa shape index (κ3) is 3.19. The Bertz CT molecular complexity index is 702. The maximum atomic E-state index is 14.0. The van der Waals surface area contributed by atoms with E-state index in [-0.39, 0.29) is 5.75 Å². The zero-order valence-electron chi connectivity index (χ0n) is 12.2. The highest BCUT2D eigenvalue weighted by Gasteiger charge is 2.39. The average molecular weight is 359 g/mol. The number of carbonyl (C=O) groups excluding carboxylic acids is 1. The maximum absolute atomic E-state index is 14.0. The molecule has 0 N–H and O–H groups in total. The third-order valence-electron chi connectivity index (χ3n) is 3.55. The van der Waals surface area contributed by atoms with Crippen molar-refractivity contribution >= 4 is 38.2 Å². The van der Waals surface area contributed by atoms with E-state index in [1.54, 1.807) is 54.8 Å². The van der Waals surface area contributed by atoms with Crippen molar-refractivity contribution < 1.29 is 13.7 Å². The SMILES string of the molecule is COC(=O)CS(C)(=O)(c1ccc(Cl)cc1)c1ccc(Cl)cc1. The number of esters is 1. The van der Waals surface area contributed by atoms with E-state index in [1.165, 1.54) is 7.11 Å². The minimum Gasteiger partial charge on any atom is -0.468 e. The first kappa shape index (κ1) is 17.0. The van der Waals surface area contributed by atoms with Gasteiger partial charge in [-0.2, -0.15) is 0 Å². The molecule has 2 aromatic rings. The molecule has 0 saturated heterocycles. The van der Waals surface area contributed by atoms with Crippen molar-refractivity contribution in [2.45, 2.75) is 9.79 Å². The van der Waals surface area contributed by atoms with Crippen molar-refractivity contribution in [2.24, 2.45) is 0 Å². The molecule has 0 aliphatic carbocycles. The zero-order chi connectivity index (χ0) is 16.4. The van der Waals surface area contributed by atoms with Crippen LogP contribution in [0.1, 0.15) is 0 Å². The highest BCUT2D eigenvalue weighted by Crippen LogP contribution is 2.42. The number of benzene rings is 2. The fourth-order valence-electron chi connectivity index (χ4n) is 2.23. The lowest BCUT2D eigenvalue weighted by Crippen LogP contribution is -2.39. The third-order valence-corrected chi connectivity index (χ3v) is 8.00. The van der Waals surface area contributed by atoms with E-state index in [1.807, 2.05) is 0 Å². The molecule has 0 heterocycles. The van der Waals surface area contributed by atoms with E-state index >= 15 is 0 Å². The molecule has 0 aliphatic heterocycles. The quantitative estimate of drug-likeness (QED) is 0.774. The molecule has 22 heavy (non-hydrogen) atoms. The van der Waals surface area contributed by atoms with Crippen LogP contribution in [0, 0.1) is 0 Å². The fourth-order valence-corrected chi connectivity index (χ4v) is 5.47. The van der Waals surface area contributed by atoms with Crippen molar-refractivity contribution in [2.75, 3.05) is 19.1 Å². The fraction of sp³-hybridized carbons (Fsp3) is 0.188. The van der Waals surface area contributed by atoms with Crippen molar-refractivity contribution in [3.05, 3.63) is 58.6 Å². The molecule has 118 valence electrons. The Morgan fingerprint density at radius 3 is 1.64 bits per heavy atom. The molecule has 0 saturated carbocycles. The molecule has 0 aromatic heterocycles. The summed E-state index contributed by atoms with van der Waals surface area (Å²) in [4.78, 5) is 12.9. The molecule has 0 spiro atoms. The van der Waals surface area contributed by atoms with Crippen LogP contribution in [0.2, 0.25) is 10.0 Å². The number of halogens is 2. The molecule has 6 heteroatoms. The summed E-state index contributed by atoms with van der Waals surface area (Å²) in [5, 5.41) is 1.07. The first-order valence-corrected chi connectivity index (χ1v) is 9.76. The Labute approximate surface area is 139 Å². The van der Waals surface area contributed by atoms with Gasteiger partial charge in [-0.05, 0) is 57.6 Å². The number of ether oxygens (including phenoxy) is 1. The van der Waals surface area contributed by atoms with Gasteiger partial charge in [0.2, 0.25) is 0 Å². The Morgan fingerprint density at radius 2 is 1.32 bits per heavy atom. The van der Waals surface area contributed by atoms with Crippen molar-refractivity contribution in [3.8, 4) is 0 Å². The van der Waals surface area contributed by atoms with E-state index < -0.39 is 15.0 Å². The normalized spacial score (nSPS) is 13.2. The van der Waals surface area contributed by atoms with Crippen LogP contribution in [0.25, 0.3) is 0 Å². The van der Waals surface area contributed by atoms with Crippen molar-refractivity contribution in [1.29, 1.82) is 0 Å². The first-order valence-electron chi connectivity index (χ1n) is 6.46. The second-order valence-electron chi connectivity index (χ2n) is 5.17. The average Bonchev–Trinajstić information content (AvgIpc) is 2.48. The van der Waals surface area contributed by atoms with E-state index in [0.717, 1.165) is 0 Å². The van der Waals surface area contributed by atoms with Crippen LogP contribution in [-0.2, 0) is 18.6 Å². The Morgan fingerprint density at radius 1 is 0.955 bits per heavy atom. The minimum absolute atomic E-state index is 0.239. The van der Waals surface area contributed by atoms with Gasteiger partial charge in [0.25, 0.3) is 0 Å². The van der Waals surface area contributed by atoms with E-state index in [2.05, 4.69) is 0 Å². The smallest absolute Gasteiger partial charge is 0.317 e. The maximum Gasteiger partial charge on any atom is 0.317 e. The first-order chi connectivity index (χ1) is 10.2. The van der Waals surface area contributed by atoms with Gasteiger partial charge >= 0.3 is 5.97 Å². The number of rotatable bonds is 4. The standard InChI is InChI=1S/C16H16Cl2O3S/c1-21-16(19)11-22(2,20,14-7-3-12(17)4-8-14)15-9-5-13(18)6-10-15/h3-10H,11H2,1-2H3. The number of hydrogen-bond donors (Lipinski definition) is 0. The van der Waals surface area contributed by atoms with Gasteiger partial charge in [-0.25, -0.2) is 0 Å². The van der Waals surface area contributed by atoms with Gasteiger partial charge in [0.05, 0.1) is 7.11 Å². The Hall–Kier alpha value is -1.36.